The Morgan fingerprint density at radius 2 is 2.09 bits per heavy atom. The minimum absolute atomic E-state index is 0.0697. The van der Waals surface area contributed by atoms with Crippen LogP contribution in [0.2, 0.25) is 0 Å². The van der Waals surface area contributed by atoms with Gasteiger partial charge in [0.05, 0.1) is 6.54 Å². The van der Waals surface area contributed by atoms with Crippen LogP contribution in [0, 0.1) is 5.82 Å². The van der Waals surface area contributed by atoms with Gasteiger partial charge in [0.1, 0.15) is 5.82 Å². The van der Waals surface area contributed by atoms with Crippen LogP contribution in [0.5, 0.6) is 0 Å². The second-order valence-corrected chi connectivity index (χ2v) is 4.74. The number of aromatic nitrogens is 3. The van der Waals surface area contributed by atoms with Crippen molar-refractivity contribution in [3.8, 4) is 0 Å². The van der Waals surface area contributed by atoms with Gasteiger partial charge in [0.25, 0.3) is 0 Å². The highest BCUT2D eigenvalue weighted by molar-refractivity contribution is 5.90. The molecule has 22 heavy (non-hydrogen) atoms. The summed E-state index contributed by atoms with van der Waals surface area (Å²) in [6, 6.07) is 10.9. The highest BCUT2D eigenvalue weighted by Crippen LogP contribution is 2.09. The van der Waals surface area contributed by atoms with Crippen molar-refractivity contribution >= 4 is 17.2 Å². The fourth-order valence-corrected chi connectivity index (χ4v) is 2.11. The molecule has 1 aromatic carbocycles. The van der Waals surface area contributed by atoms with Crippen LogP contribution in [-0.4, -0.2) is 20.1 Å². The van der Waals surface area contributed by atoms with Crippen molar-refractivity contribution in [2.45, 2.75) is 13.0 Å². The van der Waals surface area contributed by atoms with E-state index in [-0.39, 0.29) is 24.6 Å². The van der Waals surface area contributed by atoms with E-state index in [2.05, 4.69) is 10.4 Å². The number of fused-ring (bicyclic) bond motifs is 1. The van der Waals surface area contributed by atoms with E-state index in [1.807, 2.05) is 0 Å². The topological polar surface area (TPSA) is 68.4 Å². The predicted octanol–water partition coefficient (Wildman–Crippen LogP) is 1.66. The van der Waals surface area contributed by atoms with E-state index in [1.54, 1.807) is 30.5 Å². The molecule has 3 rings (SSSR count). The Morgan fingerprint density at radius 1 is 1.23 bits per heavy atom. The molecule has 7 heteroatoms. The second-order valence-electron chi connectivity index (χ2n) is 4.74. The molecule has 0 aliphatic carbocycles. The average molecular weight is 300 g/mol. The number of hydrogen-bond donors (Lipinski definition) is 1. The summed E-state index contributed by atoms with van der Waals surface area (Å²) in [7, 11) is 0. The maximum atomic E-state index is 13.0. The van der Waals surface area contributed by atoms with Crippen LogP contribution in [0.25, 0.3) is 5.65 Å². The van der Waals surface area contributed by atoms with Gasteiger partial charge in [-0.1, -0.05) is 12.1 Å². The zero-order valence-electron chi connectivity index (χ0n) is 11.6. The smallest absolute Gasteiger partial charge is 0.326 e. The summed E-state index contributed by atoms with van der Waals surface area (Å²) in [4.78, 5) is 23.9. The van der Waals surface area contributed by atoms with Gasteiger partial charge in [-0.3, -0.25) is 9.20 Å². The first-order valence-electron chi connectivity index (χ1n) is 6.73. The van der Waals surface area contributed by atoms with E-state index in [1.165, 1.54) is 27.3 Å². The lowest BCUT2D eigenvalue weighted by Gasteiger charge is -2.04. The number of halogens is 1. The zero-order chi connectivity index (χ0) is 15.5. The lowest BCUT2D eigenvalue weighted by molar-refractivity contribution is -0.116. The van der Waals surface area contributed by atoms with E-state index in [0.29, 0.717) is 11.3 Å². The number of carbonyl (C=O) groups is 1. The summed E-state index contributed by atoms with van der Waals surface area (Å²) in [5.74, 6) is -0.732. The molecule has 2 heterocycles. The molecule has 6 nitrogen and oxygen atoms in total. The molecule has 1 N–H and O–H groups in total. The Bertz CT molecular complexity index is 884. The summed E-state index contributed by atoms with van der Waals surface area (Å²) in [6.45, 7) is 0.154. The SMILES string of the molecule is O=C(CCn1nc2ccccn2c1=O)Nc1cccc(F)c1. The molecule has 0 unspecified atom stereocenters. The van der Waals surface area contributed by atoms with Gasteiger partial charge in [-0.2, -0.15) is 0 Å². The minimum Gasteiger partial charge on any atom is -0.326 e. The number of nitrogens with zero attached hydrogens (tertiary/aromatic N) is 3. The highest BCUT2D eigenvalue weighted by Gasteiger charge is 2.08. The molecule has 0 saturated carbocycles. The van der Waals surface area contributed by atoms with E-state index >= 15 is 0 Å². The number of hydrogen-bond acceptors (Lipinski definition) is 3. The molecule has 1 amide bonds. The van der Waals surface area contributed by atoms with Crippen LogP contribution >= 0.6 is 0 Å². The molecule has 0 spiro atoms. The van der Waals surface area contributed by atoms with Crippen molar-refractivity contribution in [1.82, 2.24) is 14.2 Å². The summed E-state index contributed by atoms with van der Waals surface area (Å²) < 4.78 is 15.7. The summed E-state index contributed by atoms with van der Waals surface area (Å²) in [5.41, 5.74) is 0.611. The lowest BCUT2D eigenvalue weighted by Crippen LogP contribution is -2.24. The van der Waals surface area contributed by atoms with Gasteiger partial charge >= 0.3 is 5.69 Å². The third-order valence-electron chi connectivity index (χ3n) is 3.15. The molecule has 3 aromatic rings. The monoisotopic (exact) mass is 300 g/mol. The maximum absolute atomic E-state index is 13.0. The molecule has 0 atom stereocenters. The Labute approximate surface area is 124 Å². The van der Waals surface area contributed by atoms with Gasteiger partial charge in [-0.05, 0) is 30.3 Å². The number of aryl methyl sites for hydroxylation is 1. The minimum atomic E-state index is -0.422. The number of nitrogens with one attached hydrogen (secondary N) is 1. The van der Waals surface area contributed by atoms with E-state index in [9.17, 15) is 14.0 Å². The molecule has 0 bridgehead atoms. The van der Waals surface area contributed by atoms with Crippen LogP contribution in [-0.2, 0) is 11.3 Å². The van der Waals surface area contributed by atoms with Gasteiger partial charge in [0.15, 0.2) is 5.65 Å². The fourth-order valence-electron chi connectivity index (χ4n) is 2.11. The lowest BCUT2D eigenvalue weighted by atomic mass is 10.3. The van der Waals surface area contributed by atoms with E-state index in [0.717, 1.165) is 0 Å². The molecular formula is C15H13FN4O2. The van der Waals surface area contributed by atoms with E-state index in [4.69, 9.17) is 0 Å². The van der Waals surface area contributed by atoms with Crippen molar-refractivity contribution in [2.75, 3.05) is 5.32 Å². The van der Waals surface area contributed by atoms with Crippen molar-refractivity contribution in [3.63, 3.8) is 0 Å². The maximum Gasteiger partial charge on any atom is 0.350 e. The Balaban J connectivity index is 1.67. The van der Waals surface area contributed by atoms with Gasteiger partial charge in [0.2, 0.25) is 5.91 Å². The Kier molecular flexibility index (Phi) is 3.69. The number of benzene rings is 1. The number of anilines is 1. The van der Waals surface area contributed by atoms with Gasteiger partial charge in [0, 0.05) is 18.3 Å². The predicted molar refractivity (Wildman–Crippen MR) is 79.1 cm³/mol. The normalized spacial score (nSPS) is 10.8. The molecule has 0 aliphatic rings. The number of rotatable bonds is 4. The van der Waals surface area contributed by atoms with Crippen LogP contribution in [0.15, 0.2) is 53.5 Å². The number of carbonyl (C=O) groups excluding carboxylic acids is 1. The van der Waals surface area contributed by atoms with E-state index < -0.39 is 5.82 Å². The average Bonchev–Trinajstić information content (AvgIpc) is 2.82. The summed E-state index contributed by atoms with van der Waals surface area (Å²) >= 11 is 0. The quantitative estimate of drug-likeness (QED) is 0.797. The highest BCUT2D eigenvalue weighted by atomic mass is 19.1. The third kappa shape index (κ3) is 2.88. The molecular weight excluding hydrogens is 287 g/mol. The van der Waals surface area contributed by atoms with Crippen LogP contribution in [0.4, 0.5) is 10.1 Å². The van der Waals surface area contributed by atoms with Crippen LogP contribution in [0.3, 0.4) is 0 Å². The van der Waals surface area contributed by atoms with Crippen molar-refractivity contribution < 1.29 is 9.18 Å². The first kappa shape index (κ1) is 14.0. The molecule has 0 fully saturated rings. The molecule has 0 saturated heterocycles. The Morgan fingerprint density at radius 3 is 2.86 bits per heavy atom. The zero-order valence-corrected chi connectivity index (χ0v) is 11.6. The fraction of sp³-hybridized carbons (Fsp3) is 0.133. The molecule has 112 valence electrons. The van der Waals surface area contributed by atoms with Crippen LogP contribution < -0.4 is 11.0 Å². The number of amides is 1. The third-order valence-corrected chi connectivity index (χ3v) is 3.15. The largest absolute Gasteiger partial charge is 0.350 e. The summed E-state index contributed by atoms with van der Waals surface area (Å²) in [5, 5.41) is 6.71. The second kappa shape index (κ2) is 5.80. The van der Waals surface area contributed by atoms with Gasteiger partial charge in [-0.25, -0.2) is 13.9 Å². The van der Waals surface area contributed by atoms with Gasteiger partial charge < -0.3 is 5.32 Å². The van der Waals surface area contributed by atoms with Crippen molar-refractivity contribution in [1.29, 1.82) is 0 Å². The number of pyridine rings is 1. The molecule has 2 aromatic heterocycles. The molecule has 0 aliphatic heterocycles. The van der Waals surface area contributed by atoms with Gasteiger partial charge in [-0.15, -0.1) is 5.10 Å². The first-order chi connectivity index (χ1) is 10.6. The standard InChI is InChI=1S/C15H13FN4O2/c16-11-4-3-5-12(10-11)17-14(21)7-9-20-15(22)19-8-2-1-6-13(19)18-20/h1-6,8,10H,7,9H2,(H,17,21). The summed E-state index contributed by atoms with van der Waals surface area (Å²) in [6.07, 6.45) is 1.69. The van der Waals surface area contributed by atoms with Crippen molar-refractivity contribution in [2.24, 2.45) is 0 Å². The molecule has 0 radical (unpaired) electrons. The van der Waals surface area contributed by atoms with Crippen molar-refractivity contribution in [3.05, 3.63) is 65.0 Å². The first-order valence-corrected chi connectivity index (χ1v) is 6.73. The van der Waals surface area contributed by atoms with Crippen LogP contribution in [0.1, 0.15) is 6.42 Å². The Hall–Kier alpha value is -2.96.